The number of carbonyl (C=O) groups excluding carboxylic acids is 2. The fraction of sp³-hybridized carbons (Fsp3) is 0.423. The first-order valence-corrected chi connectivity index (χ1v) is 11.0. The maximum absolute atomic E-state index is 13.1. The van der Waals surface area contributed by atoms with Crippen molar-refractivity contribution in [1.29, 1.82) is 0 Å². The summed E-state index contributed by atoms with van der Waals surface area (Å²) in [5.41, 5.74) is 1.76. The van der Waals surface area contributed by atoms with Crippen LogP contribution in [0.1, 0.15) is 57.4 Å². The first-order valence-electron chi connectivity index (χ1n) is 11.0. The number of methoxy groups -OCH3 is 1. The van der Waals surface area contributed by atoms with E-state index in [4.69, 9.17) is 9.47 Å². The van der Waals surface area contributed by atoms with Crippen LogP contribution < -0.4 is 4.74 Å². The molecule has 1 aromatic carbocycles. The summed E-state index contributed by atoms with van der Waals surface area (Å²) >= 11 is 0. The van der Waals surface area contributed by atoms with Crippen LogP contribution in [0.5, 0.6) is 5.75 Å². The summed E-state index contributed by atoms with van der Waals surface area (Å²) < 4.78 is 11.1. The molecule has 3 rings (SSSR count). The van der Waals surface area contributed by atoms with Crippen LogP contribution in [0.2, 0.25) is 0 Å². The van der Waals surface area contributed by atoms with Gasteiger partial charge in [-0.2, -0.15) is 0 Å². The van der Waals surface area contributed by atoms with Gasteiger partial charge in [0.15, 0.2) is 0 Å². The van der Waals surface area contributed by atoms with Crippen molar-refractivity contribution in [3.63, 3.8) is 0 Å². The highest BCUT2D eigenvalue weighted by Crippen LogP contribution is 2.40. The monoisotopic (exact) mass is 452 g/mol. The number of pyridine rings is 1. The molecule has 1 aromatic heterocycles. The summed E-state index contributed by atoms with van der Waals surface area (Å²) in [7, 11) is 1.59. The van der Waals surface area contributed by atoms with Gasteiger partial charge in [0, 0.05) is 30.1 Å². The van der Waals surface area contributed by atoms with E-state index in [1.165, 1.54) is 4.90 Å². The predicted octanol–water partition coefficient (Wildman–Crippen LogP) is 4.23. The van der Waals surface area contributed by atoms with Gasteiger partial charge in [0.05, 0.1) is 31.4 Å². The molecule has 0 radical (unpaired) electrons. The summed E-state index contributed by atoms with van der Waals surface area (Å²) in [5.74, 6) is -0.918. The highest BCUT2D eigenvalue weighted by molar-refractivity contribution is 6.46. The van der Waals surface area contributed by atoms with E-state index in [-0.39, 0.29) is 36.0 Å². The van der Waals surface area contributed by atoms with Gasteiger partial charge >= 0.3 is 0 Å². The van der Waals surface area contributed by atoms with E-state index in [1.807, 2.05) is 40.7 Å². The SMILES string of the molecule is COc1ccc(/C(O)=C2/C(=O)C(=O)N(CCOC(C)C)C2c2cccnc2)cc1C(C)(C)C. The second kappa shape index (κ2) is 9.75. The largest absolute Gasteiger partial charge is 0.507 e. The molecule has 1 atom stereocenters. The summed E-state index contributed by atoms with van der Waals surface area (Å²) in [5, 5.41) is 11.3. The van der Waals surface area contributed by atoms with Gasteiger partial charge in [-0.15, -0.1) is 0 Å². The van der Waals surface area contributed by atoms with E-state index in [2.05, 4.69) is 4.98 Å². The Morgan fingerprint density at radius 2 is 1.94 bits per heavy atom. The summed E-state index contributed by atoms with van der Waals surface area (Å²) in [6, 6.07) is 8.05. The molecule has 7 heteroatoms. The van der Waals surface area contributed by atoms with Crippen molar-refractivity contribution in [3.05, 3.63) is 65.0 Å². The van der Waals surface area contributed by atoms with Crippen molar-refractivity contribution in [3.8, 4) is 5.75 Å². The molecule has 7 nitrogen and oxygen atoms in total. The molecule has 1 aliphatic rings. The number of Topliss-reactive ketones (excluding diaryl/α,β-unsaturated/α-hetero) is 1. The van der Waals surface area contributed by atoms with Crippen LogP contribution in [0.3, 0.4) is 0 Å². The van der Waals surface area contributed by atoms with Crippen LogP contribution in [0.25, 0.3) is 5.76 Å². The van der Waals surface area contributed by atoms with Gasteiger partial charge in [-0.1, -0.05) is 26.8 Å². The lowest BCUT2D eigenvalue weighted by Crippen LogP contribution is -2.33. The highest BCUT2D eigenvalue weighted by Gasteiger charge is 2.46. The third-order valence-corrected chi connectivity index (χ3v) is 5.60. The zero-order chi connectivity index (χ0) is 24.3. The van der Waals surface area contributed by atoms with E-state index in [9.17, 15) is 14.7 Å². The fourth-order valence-electron chi connectivity index (χ4n) is 3.98. The van der Waals surface area contributed by atoms with E-state index >= 15 is 0 Å². The molecule has 1 N–H and O–H groups in total. The van der Waals surface area contributed by atoms with Gasteiger partial charge in [-0.25, -0.2) is 0 Å². The topological polar surface area (TPSA) is 89.0 Å². The van der Waals surface area contributed by atoms with Crippen LogP contribution >= 0.6 is 0 Å². The third-order valence-electron chi connectivity index (χ3n) is 5.60. The number of nitrogens with zero attached hydrogens (tertiary/aromatic N) is 2. The zero-order valence-corrected chi connectivity index (χ0v) is 20.1. The number of aliphatic hydroxyl groups is 1. The van der Waals surface area contributed by atoms with Crippen LogP contribution in [0, 0.1) is 0 Å². The number of ketones is 1. The molecule has 0 bridgehead atoms. The quantitative estimate of drug-likeness (QED) is 0.384. The number of carbonyl (C=O) groups is 2. The fourth-order valence-corrected chi connectivity index (χ4v) is 3.98. The number of rotatable bonds is 7. The maximum Gasteiger partial charge on any atom is 0.295 e. The van der Waals surface area contributed by atoms with Crippen molar-refractivity contribution in [2.75, 3.05) is 20.3 Å². The Labute approximate surface area is 195 Å². The minimum Gasteiger partial charge on any atom is -0.507 e. The second-order valence-electron chi connectivity index (χ2n) is 9.36. The van der Waals surface area contributed by atoms with Crippen molar-refractivity contribution in [1.82, 2.24) is 9.88 Å². The van der Waals surface area contributed by atoms with Crippen LogP contribution in [0.4, 0.5) is 0 Å². The normalized spacial score (nSPS) is 18.3. The molecule has 1 unspecified atom stereocenters. The van der Waals surface area contributed by atoms with E-state index in [0.29, 0.717) is 16.9 Å². The number of aromatic nitrogens is 1. The number of likely N-dealkylation sites (tertiary alicyclic amines) is 1. The Balaban J connectivity index is 2.14. The third kappa shape index (κ3) is 5.09. The Hall–Kier alpha value is -3.19. The molecule has 1 amide bonds. The predicted molar refractivity (Wildman–Crippen MR) is 126 cm³/mol. The molecule has 1 saturated heterocycles. The first-order chi connectivity index (χ1) is 15.6. The van der Waals surface area contributed by atoms with Crippen LogP contribution in [0.15, 0.2) is 48.3 Å². The molecule has 0 saturated carbocycles. The van der Waals surface area contributed by atoms with Crippen molar-refractivity contribution >= 4 is 17.4 Å². The first kappa shape index (κ1) is 24.5. The smallest absolute Gasteiger partial charge is 0.295 e. The second-order valence-corrected chi connectivity index (χ2v) is 9.36. The Morgan fingerprint density at radius 3 is 2.52 bits per heavy atom. The molecule has 0 aliphatic carbocycles. The van der Waals surface area contributed by atoms with Crippen LogP contribution in [-0.4, -0.2) is 53.0 Å². The van der Waals surface area contributed by atoms with E-state index in [1.54, 1.807) is 43.8 Å². The van der Waals surface area contributed by atoms with Gasteiger partial charge in [0.1, 0.15) is 11.5 Å². The van der Waals surface area contributed by atoms with Crippen molar-refractivity contribution in [2.45, 2.75) is 52.2 Å². The molecule has 0 spiro atoms. The van der Waals surface area contributed by atoms with Crippen molar-refractivity contribution in [2.24, 2.45) is 0 Å². The van der Waals surface area contributed by atoms with Gasteiger partial charge in [-0.05, 0) is 49.1 Å². The molecule has 2 heterocycles. The number of amides is 1. The minimum absolute atomic E-state index is 0.00576. The van der Waals surface area contributed by atoms with Crippen LogP contribution in [-0.2, 0) is 19.7 Å². The summed E-state index contributed by atoms with van der Waals surface area (Å²) in [6.45, 7) is 10.4. The molecule has 1 fully saturated rings. The maximum atomic E-state index is 13.1. The molecular weight excluding hydrogens is 420 g/mol. The number of aliphatic hydroxyl groups excluding tert-OH is 1. The molecule has 176 valence electrons. The molecule has 2 aromatic rings. The van der Waals surface area contributed by atoms with E-state index < -0.39 is 17.7 Å². The summed E-state index contributed by atoms with van der Waals surface area (Å²) in [6.07, 6.45) is 3.22. The lowest BCUT2D eigenvalue weighted by Gasteiger charge is -2.26. The van der Waals surface area contributed by atoms with Gasteiger partial charge in [0.2, 0.25) is 0 Å². The van der Waals surface area contributed by atoms with Gasteiger partial charge < -0.3 is 19.5 Å². The van der Waals surface area contributed by atoms with Gasteiger partial charge in [-0.3, -0.25) is 14.6 Å². The van der Waals surface area contributed by atoms with Gasteiger partial charge in [0.25, 0.3) is 11.7 Å². The minimum atomic E-state index is -0.755. The highest BCUT2D eigenvalue weighted by atomic mass is 16.5. The number of benzene rings is 1. The number of ether oxygens (including phenoxy) is 2. The Morgan fingerprint density at radius 1 is 1.21 bits per heavy atom. The average Bonchev–Trinajstić information content (AvgIpc) is 3.03. The summed E-state index contributed by atoms with van der Waals surface area (Å²) in [4.78, 5) is 31.7. The number of hydrogen-bond acceptors (Lipinski definition) is 6. The Kier molecular flexibility index (Phi) is 7.22. The Bertz CT molecular complexity index is 1050. The van der Waals surface area contributed by atoms with Crippen molar-refractivity contribution < 1.29 is 24.2 Å². The lowest BCUT2D eigenvalue weighted by atomic mass is 9.84. The van der Waals surface area contributed by atoms with E-state index in [0.717, 1.165) is 5.56 Å². The average molecular weight is 453 g/mol. The number of hydrogen-bond donors (Lipinski definition) is 1. The lowest BCUT2D eigenvalue weighted by molar-refractivity contribution is -0.140. The standard InChI is InChI=1S/C26H32N2O5/c1-16(2)33-13-12-28-22(18-8-7-11-27-15-18)21(24(30)25(28)31)23(29)17-9-10-20(32-6)19(14-17)26(3,4)5/h7-11,14-16,22,29H,12-13H2,1-6H3/b23-21-. The zero-order valence-electron chi connectivity index (χ0n) is 20.1. The molecule has 33 heavy (non-hydrogen) atoms. The molecule has 1 aliphatic heterocycles. The molecular formula is C26H32N2O5.